The number of rotatable bonds is 3. The van der Waals surface area contributed by atoms with Crippen molar-refractivity contribution in [3.8, 4) is 5.75 Å². The van der Waals surface area contributed by atoms with E-state index in [2.05, 4.69) is 17.9 Å². The molecule has 2 aliphatic rings. The highest BCUT2D eigenvalue weighted by molar-refractivity contribution is 5.38. The second kappa shape index (κ2) is 6.17. The van der Waals surface area contributed by atoms with Crippen LogP contribution in [0.4, 0.5) is 0 Å². The molecule has 2 aliphatic carbocycles. The molecule has 0 radical (unpaired) electrons. The predicted octanol–water partition coefficient (Wildman–Crippen LogP) is 4.42. The van der Waals surface area contributed by atoms with Gasteiger partial charge in [0.15, 0.2) is 0 Å². The van der Waals surface area contributed by atoms with Gasteiger partial charge in [0, 0.05) is 12.1 Å². The minimum Gasteiger partial charge on any atom is -0.508 e. The van der Waals surface area contributed by atoms with E-state index in [1.54, 1.807) is 0 Å². The number of nitrogens with zero attached hydrogens (tertiary/aromatic N) is 1. The summed E-state index contributed by atoms with van der Waals surface area (Å²) in [7, 11) is 0. The zero-order valence-corrected chi connectivity index (χ0v) is 12.6. The Labute approximate surface area is 122 Å². The van der Waals surface area contributed by atoms with E-state index in [1.807, 2.05) is 12.1 Å². The van der Waals surface area contributed by atoms with E-state index in [0.717, 1.165) is 12.6 Å². The third-order valence-corrected chi connectivity index (χ3v) is 5.22. The Morgan fingerprint density at radius 3 is 2.65 bits per heavy atom. The molecule has 1 saturated carbocycles. The van der Waals surface area contributed by atoms with E-state index in [9.17, 15) is 5.11 Å². The van der Waals surface area contributed by atoms with Crippen LogP contribution in [0.1, 0.15) is 69.0 Å². The summed E-state index contributed by atoms with van der Waals surface area (Å²) in [5, 5.41) is 9.85. The summed E-state index contributed by atoms with van der Waals surface area (Å²) in [5.41, 5.74) is 2.84. The first-order chi connectivity index (χ1) is 9.79. The fraction of sp³-hybridized carbons (Fsp3) is 0.667. The van der Waals surface area contributed by atoms with Crippen molar-refractivity contribution >= 4 is 0 Å². The van der Waals surface area contributed by atoms with Gasteiger partial charge in [-0.1, -0.05) is 32.3 Å². The molecule has 3 rings (SSSR count). The Kier molecular flexibility index (Phi) is 4.30. The van der Waals surface area contributed by atoms with Crippen LogP contribution >= 0.6 is 0 Å². The van der Waals surface area contributed by atoms with Crippen LogP contribution in [-0.2, 0) is 6.42 Å². The lowest BCUT2D eigenvalue weighted by molar-refractivity contribution is 0.0991. The van der Waals surface area contributed by atoms with E-state index in [1.165, 1.54) is 62.5 Å². The van der Waals surface area contributed by atoms with Gasteiger partial charge >= 0.3 is 0 Å². The Bertz CT molecular complexity index is 451. The fourth-order valence-electron chi connectivity index (χ4n) is 4.25. The number of hydrogen-bond donors (Lipinski definition) is 1. The van der Waals surface area contributed by atoms with Crippen LogP contribution in [-0.4, -0.2) is 22.6 Å². The fourth-order valence-corrected chi connectivity index (χ4v) is 4.25. The molecule has 1 unspecified atom stereocenters. The third-order valence-electron chi connectivity index (χ3n) is 5.22. The highest BCUT2D eigenvalue weighted by Gasteiger charge is 2.30. The van der Waals surface area contributed by atoms with Crippen molar-refractivity contribution in [2.24, 2.45) is 0 Å². The van der Waals surface area contributed by atoms with Crippen LogP contribution < -0.4 is 0 Å². The largest absolute Gasteiger partial charge is 0.508 e. The molecule has 1 aromatic carbocycles. The molecule has 2 nitrogen and oxygen atoms in total. The van der Waals surface area contributed by atoms with E-state index in [0.29, 0.717) is 11.8 Å². The van der Waals surface area contributed by atoms with Gasteiger partial charge in [-0.2, -0.15) is 0 Å². The van der Waals surface area contributed by atoms with E-state index in [4.69, 9.17) is 0 Å². The molecule has 2 heteroatoms. The normalized spacial score (nSPS) is 23.8. The highest BCUT2D eigenvalue weighted by atomic mass is 16.3. The molecule has 0 spiro atoms. The maximum Gasteiger partial charge on any atom is 0.115 e. The van der Waals surface area contributed by atoms with Crippen LogP contribution in [0.2, 0.25) is 0 Å². The number of aryl methyl sites for hydroxylation is 1. The molecule has 1 atom stereocenters. The third kappa shape index (κ3) is 2.71. The average molecular weight is 273 g/mol. The van der Waals surface area contributed by atoms with Crippen molar-refractivity contribution in [2.75, 3.05) is 6.54 Å². The molecule has 1 N–H and O–H groups in total. The summed E-state index contributed by atoms with van der Waals surface area (Å²) in [5.74, 6) is 0.426. The first kappa shape index (κ1) is 13.9. The quantitative estimate of drug-likeness (QED) is 0.881. The van der Waals surface area contributed by atoms with Gasteiger partial charge in [-0.3, -0.25) is 4.90 Å². The van der Waals surface area contributed by atoms with E-state index < -0.39 is 0 Å². The van der Waals surface area contributed by atoms with Crippen molar-refractivity contribution in [3.05, 3.63) is 29.3 Å². The summed E-state index contributed by atoms with van der Waals surface area (Å²) < 4.78 is 0. The van der Waals surface area contributed by atoms with Gasteiger partial charge in [0.05, 0.1) is 0 Å². The summed E-state index contributed by atoms with van der Waals surface area (Å²) in [4.78, 5) is 2.72. The second-order valence-corrected chi connectivity index (χ2v) is 6.41. The molecule has 0 bridgehead atoms. The molecule has 1 fully saturated rings. The van der Waals surface area contributed by atoms with Gasteiger partial charge in [0.1, 0.15) is 5.75 Å². The van der Waals surface area contributed by atoms with Crippen LogP contribution in [0.25, 0.3) is 0 Å². The minimum atomic E-state index is 0.426. The Morgan fingerprint density at radius 2 is 1.90 bits per heavy atom. The van der Waals surface area contributed by atoms with Crippen molar-refractivity contribution in [3.63, 3.8) is 0 Å². The zero-order valence-electron chi connectivity index (χ0n) is 12.6. The number of phenols is 1. The van der Waals surface area contributed by atoms with Crippen molar-refractivity contribution in [1.29, 1.82) is 0 Å². The molecule has 20 heavy (non-hydrogen) atoms. The standard InChI is InChI=1S/C18H27NO/c1-2-19(15-8-4-3-5-9-15)18-10-6-7-14-11-12-16(20)13-17(14)18/h11-13,15,18,20H,2-10H2,1H3. The number of benzene rings is 1. The zero-order chi connectivity index (χ0) is 13.9. The van der Waals surface area contributed by atoms with Crippen LogP contribution in [0.3, 0.4) is 0 Å². The number of fused-ring (bicyclic) bond motifs is 1. The SMILES string of the molecule is CCN(C1CCCCC1)C1CCCc2ccc(O)cc21. The maximum absolute atomic E-state index is 9.85. The van der Waals surface area contributed by atoms with Crippen molar-refractivity contribution < 1.29 is 5.11 Å². The van der Waals surface area contributed by atoms with Gasteiger partial charge < -0.3 is 5.11 Å². The molecule has 0 heterocycles. The number of hydrogen-bond acceptors (Lipinski definition) is 2. The molecule has 0 aliphatic heterocycles. The summed E-state index contributed by atoms with van der Waals surface area (Å²) in [6.07, 6.45) is 10.6. The first-order valence-corrected chi connectivity index (χ1v) is 8.37. The van der Waals surface area contributed by atoms with Gasteiger partial charge in [-0.15, -0.1) is 0 Å². The maximum atomic E-state index is 9.85. The molecular weight excluding hydrogens is 246 g/mol. The highest BCUT2D eigenvalue weighted by Crippen LogP contribution is 2.39. The van der Waals surface area contributed by atoms with E-state index >= 15 is 0 Å². The molecule has 110 valence electrons. The lowest BCUT2D eigenvalue weighted by atomic mass is 9.84. The van der Waals surface area contributed by atoms with Gasteiger partial charge in [-0.25, -0.2) is 0 Å². The summed E-state index contributed by atoms with van der Waals surface area (Å²) >= 11 is 0. The van der Waals surface area contributed by atoms with Crippen LogP contribution in [0.15, 0.2) is 18.2 Å². The smallest absolute Gasteiger partial charge is 0.115 e. The minimum absolute atomic E-state index is 0.426. The Hall–Kier alpha value is -1.02. The molecule has 0 amide bonds. The molecule has 0 saturated heterocycles. The molecular formula is C18H27NO. The second-order valence-electron chi connectivity index (χ2n) is 6.41. The lowest BCUT2D eigenvalue weighted by Crippen LogP contribution is -2.40. The van der Waals surface area contributed by atoms with E-state index in [-0.39, 0.29) is 0 Å². The van der Waals surface area contributed by atoms with Gasteiger partial charge in [0.2, 0.25) is 0 Å². The Morgan fingerprint density at radius 1 is 1.10 bits per heavy atom. The van der Waals surface area contributed by atoms with Crippen LogP contribution in [0, 0.1) is 0 Å². The van der Waals surface area contributed by atoms with Crippen molar-refractivity contribution in [1.82, 2.24) is 4.90 Å². The van der Waals surface area contributed by atoms with Crippen LogP contribution in [0.5, 0.6) is 5.75 Å². The van der Waals surface area contributed by atoms with Crippen molar-refractivity contribution in [2.45, 2.75) is 70.4 Å². The number of aromatic hydroxyl groups is 1. The first-order valence-electron chi connectivity index (χ1n) is 8.37. The van der Waals surface area contributed by atoms with Gasteiger partial charge in [-0.05, 0) is 61.9 Å². The summed E-state index contributed by atoms with van der Waals surface area (Å²) in [6, 6.07) is 7.28. The number of phenolic OH excluding ortho intramolecular Hbond substituents is 1. The monoisotopic (exact) mass is 273 g/mol. The lowest BCUT2D eigenvalue weighted by Gasteiger charge is -2.42. The predicted molar refractivity (Wildman–Crippen MR) is 83.0 cm³/mol. The molecule has 0 aromatic heterocycles. The molecule has 1 aromatic rings. The summed E-state index contributed by atoms with van der Waals surface area (Å²) in [6.45, 7) is 3.43. The van der Waals surface area contributed by atoms with Gasteiger partial charge in [0.25, 0.3) is 0 Å². The topological polar surface area (TPSA) is 23.5 Å². The Balaban J connectivity index is 1.87. The average Bonchev–Trinajstić information content (AvgIpc) is 2.49.